The predicted octanol–water partition coefficient (Wildman–Crippen LogP) is 1.29. The van der Waals surface area contributed by atoms with Crippen LogP contribution in [-0.2, 0) is 4.79 Å². The first-order valence-corrected chi connectivity index (χ1v) is 8.74. The molecule has 3 rings (SSSR count). The van der Waals surface area contributed by atoms with Crippen molar-refractivity contribution < 1.29 is 4.79 Å². The van der Waals surface area contributed by atoms with Crippen molar-refractivity contribution in [3.05, 3.63) is 18.5 Å². The minimum Gasteiger partial charge on any atom is -0.352 e. The fourth-order valence-electron chi connectivity index (χ4n) is 3.44. The van der Waals surface area contributed by atoms with E-state index in [0.717, 1.165) is 50.9 Å². The number of nitrogens with zero attached hydrogens (tertiary/aromatic N) is 4. The molecule has 0 aromatic carbocycles. The van der Waals surface area contributed by atoms with Gasteiger partial charge in [-0.1, -0.05) is 6.92 Å². The van der Waals surface area contributed by atoms with E-state index >= 15 is 0 Å². The van der Waals surface area contributed by atoms with Gasteiger partial charge in [0.1, 0.15) is 0 Å². The van der Waals surface area contributed by atoms with Crippen molar-refractivity contribution in [1.29, 1.82) is 0 Å². The summed E-state index contributed by atoms with van der Waals surface area (Å²) < 4.78 is 0. The summed E-state index contributed by atoms with van der Waals surface area (Å²) in [5, 5.41) is 3.21. The number of amides is 1. The van der Waals surface area contributed by atoms with Gasteiger partial charge in [0.25, 0.3) is 0 Å². The van der Waals surface area contributed by atoms with Gasteiger partial charge in [0, 0.05) is 44.6 Å². The van der Waals surface area contributed by atoms with Crippen molar-refractivity contribution in [3.63, 3.8) is 0 Å². The molecule has 2 fully saturated rings. The summed E-state index contributed by atoms with van der Waals surface area (Å²) in [4.78, 5) is 25.2. The minimum absolute atomic E-state index is 0.175. The molecule has 0 radical (unpaired) electrons. The highest BCUT2D eigenvalue weighted by molar-refractivity contribution is 5.78. The molecule has 1 aliphatic carbocycles. The fraction of sp³-hybridized carbons (Fsp3) is 0.706. The number of anilines is 1. The van der Waals surface area contributed by atoms with Gasteiger partial charge >= 0.3 is 0 Å². The molecule has 126 valence electrons. The maximum atomic E-state index is 12.2. The third-order valence-electron chi connectivity index (χ3n) is 4.96. The van der Waals surface area contributed by atoms with Crippen molar-refractivity contribution in [3.8, 4) is 0 Å². The number of carbonyl (C=O) groups is 1. The van der Waals surface area contributed by atoms with E-state index < -0.39 is 0 Å². The lowest BCUT2D eigenvalue weighted by atomic mass is 9.87. The Morgan fingerprint density at radius 3 is 2.43 bits per heavy atom. The van der Waals surface area contributed by atoms with Crippen LogP contribution in [0.5, 0.6) is 0 Å². The molecule has 1 saturated carbocycles. The molecule has 1 amide bonds. The van der Waals surface area contributed by atoms with E-state index in [1.54, 1.807) is 12.4 Å². The van der Waals surface area contributed by atoms with E-state index in [0.29, 0.717) is 12.6 Å². The van der Waals surface area contributed by atoms with Crippen LogP contribution in [0.1, 0.15) is 32.6 Å². The molecule has 6 heteroatoms. The zero-order valence-electron chi connectivity index (χ0n) is 13.9. The highest BCUT2D eigenvalue weighted by atomic mass is 16.2. The van der Waals surface area contributed by atoms with E-state index in [9.17, 15) is 4.79 Å². The molecule has 1 aromatic rings. The molecule has 1 aliphatic heterocycles. The highest BCUT2D eigenvalue weighted by Crippen LogP contribution is 2.23. The summed E-state index contributed by atoms with van der Waals surface area (Å²) in [6.07, 6.45) is 8.28. The van der Waals surface area contributed by atoms with Gasteiger partial charge < -0.3 is 10.2 Å². The van der Waals surface area contributed by atoms with E-state index in [4.69, 9.17) is 0 Å². The Bertz CT molecular complexity index is 493. The van der Waals surface area contributed by atoms with Gasteiger partial charge in [0.05, 0.1) is 6.54 Å². The van der Waals surface area contributed by atoms with Gasteiger partial charge in [-0.05, 0) is 37.7 Å². The SMILES string of the molecule is CC1CCC(NC(=O)CN2CCN(c3ncccn3)CC2)CC1. The normalized spacial score (nSPS) is 26.0. The summed E-state index contributed by atoms with van der Waals surface area (Å²) in [6, 6.07) is 2.22. The summed E-state index contributed by atoms with van der Waals surface area (Å²) in [7, 11) is 0. The monoisotopic (exact) mass is 317 g/mol. The second-order valence-electron chi connectivity index (χ2n) is 6.84. The molecule has 0 spiro atoms. The third-order valence-corrected chi connectivity index (χ3v) is 4.96. The van der Waals surface area contributed by atoms with Crippen molar-refractivity contribution in [2.45, 2.75) is 38.6 Å². The number of aromatic nitrogens is 2. The third kappa shape index (κ3) is 4.64. The molecule has 1 saturated heterocycles. The van der Waals surface area contributed by atoms with Crippen LogP contribution in [0.2, 0.25) is 0 Å². The Balaban J connectivity index is 1.39. The average molecular weight is 317 g/mol. The van der Waals surface area contributed by atoms with Gasteiger partial charge in [0.15, 0.2) is 0 Å². The summed E-state index contributed by atoms with van der Waals surface area (Å²) in [6.45, 7) is 6.32. The Morgan fingerprint density at radius 2 is 1.78 bits per heavy atom. The maximum Gasteiger partial charge on any atom is 0.234 e. The Labute approximate surface area is 138 Å². The molecule has 2 aliphatic rings. The number of hydrogen-bond acceptors (Lipinski definition) is 5. The first kappa shape index (κ1) is 16.2. The smallest absolute Gasteiger partial charge is 0.234 e. The largest absolute Gasteiger partial charge is 0.352 e. The molecule has 0 atom stereocenters. The zero-order valence-corrected chi connectivity index (χ0v) is 13.9. The van der Waals surface area contributed by atoms with Crippen molar-refractivity contribution >= 4 is 11.9 Å². The predicted molar refractivity (Wildman–Crippen MR) is 90.2 cm³/mol. The maximum absolute atomic E-state index is 12.2. The quantitative estimate of drug-likeness (QED) is 0.907. The van der Waals surface area contributed by atoms with Crippen LogP contribution >= 0.6 is 0 Å². The van der Waals surface area contributed by atoms with Gasteiger partial charge in [-0.3, -0.25) is 9.69 Å². The number of nitrogens with one attached hydrogen (secondary N) is 1. The molecule has 2 heterocycles. The van der Waals surface area contributed by atoms with Crippen LogP contribution in [-0.4, -0.2) is 59.5 Å². The van der Waals surface area contributed by atoms with E-state index in [-0.39, 0.29) is 5.91 Å². The van der Waals surface area contributed by atoms with Gasteiger partial charge in [-0.2, -0.15) is 0 Å². The van der Waals surface area contributed by atoms with E-state index in [1.807, 2.05) is 6.07 Å². The number of carbonyl (C=O) groups excluding carboxylic acids is 1. The van der Waals surface area contributed by atoms with Crippen molar-refractivity contribution in [2.75, 3.05) is 37.6 Å². The second kappa shape index (κ2) is 7.73. The van der Waals surface area contributed by atoms with Crippen LogP contribution in [0.25, 0.3) is 0 Å². The first-order chi connectivity index (χ1) is 11.2. The first-order valence-electron chi connectivity index (χ1n) is 8.74. The Morgan fingerprint density at radius 1 is 1.13 bits per heavy atom. The minimum atomic E-state index is 0.175. The standard InChI is InChI=1S/C17H27N5O/c1-14-3-5-15(6-4-14)20-16(23)13-21-9-11-22(12-10-21)17-18-7-2-8-19-17/h2,7-8,14-15H,3-6,9-13H2,1H3,(H,20,23). The highest BCUT2D eigenvalue weighted by Gasteiger charge is 2.23. The molecule has 23 heavy (non-hydrogen) atoms. The van der Waals surface area contributed by atoms with Crippen LogP contribution in [0.3, 0.4) is 0 Å². The average Bonchev–Trinajstić information content (AvgIpc) is 2.58. The van der Waals surface area contributed by atoms with Crippen LogP contribution < -0.4 is 10.2 Å². The molecule has 0 bridgehead atoms. The number of piperazine rings is 1. The van der Waals surface area contributed by atoms with Crippen molar-refractivity contribution in [1.82, 2.24) is 20.2 Å². The Kier molecular flexibility index (Phi) is 5.43. The lowest BCUT2D eigenvalue weighted by molar-refractivity contribution is -0.123. The van der Waals surface area contributed by atoms with Crippen LogP contribution in [0.15, 0.2) is 18.5 Å². The lowest BCUT2D eigenvalue weighted by Crippen LogP contribution is -2.51. The van der Waals surface area contributed by atoms with E-state index in [1.165, 1.54) is 12.8 Å². The zero-order chi connectivity index (χ0) is 16.1. The topological polar surface area (TPSA) is 61.4 Å². The van der Waals surface area contributed by atoms with E-state index in [2.05, 4.69) is 32.0 Å². The van der Waals surface area contributed by atoms with Crippen LogP contribution in [0, 0.1) is 5.92 Å². The second-order valence-corrected chi connectivity index (χ2v) is 6.84. The summed E-state index contributed by atoms with van der Waals surface area (Å²) in [5.74, 6) is 1.78. The van der Waals surface area contributed by atoms with Gasteiger partial charge in [-0.25, -0.2) is 9.97 Å². The van der Waals surface area contributed by atoms with Gasteiger partial charge in [0.2, 0.25) is 11.9 Å². The summed E-state index contributed by atoms with van der Waals surface area (Å²) in [5.41, 5.74) is 0. The molecule has 1 N–H and O–H groups in total. The summed E-state index contributed by atoms with van der Waals surface area (Å²) >= 11 is 0. The fourth-order valence-corrected chi connectivity index (χ4v) is 3.44. The van der Waals surface area contributed by atoms with Crippen LogP contribution in [0.4, 0.5) is 5.95 Å². The molecule has 6 nitrogen and oxygen atoms in total. The molecular formula is C17H27N5O. The van der Waals surface area contributed by atoms with Gasteiger partial charge in [-0.15, -0.1) is 0 Å². The molecule has 1 aromatic heterocycles. The molecule has 0 unspecified atom stereocenters. The van der Waals surface area contributed by atoms with Crippen molar-refractivity contribution in [2.24, 2.45) is 5.92 Å². The lowest BCUT2D eigenvalue weighted by Gasteiger charge is -2.34. The number of rotatable bonds is 4. The Hall–Kier alpha value is -1.69. The molecular weight excluding hydrogens is 290 g/mol. The number of hydrogen-bond donors (Lipinski definition) is 1.